The van der Waals surface area contributed by atoms with Crippen LogP contribution in [0.25, 0.3) is 0 Å². The molecule has 8 nitrogen and oxygen atoms in total. The third-order valence-electron chi connectivity index (χ3n) is 4.46. The molecular weight excluding hydrogens is 376 g/mol. The van der Waals surface area contributed by atoms with E-state index in [0.29, 0.717) is 5.56 Å². The minimum atomic E-state index is -0.845. The van der Waals surface area contributed by atoms with Crippen molar-refractivity contribution in [3.05, 3.63) is 63.7 Å². The van der Waals surface area contributed by atoms with Gasteiger partial charge in [0.05, 0.1) is 18.6 Å². The Bertz CT molecular complexity index is 807. The SMILES string of the molecule is COc1ccc(CC(C)(C)NCC(O)COc2ccc(CO)cc2[N+](=O)[O-])cc1. The Hall–Kier alpha value is -2.68. The number of aliphatic hydroxyl groups excluding tert-OH is 2. The van der Waals surface area contributed by atoms with Gasteiger partial charge in [0.25, 0.3) is 0 Å². The first-order valence-corrected chi connectivity index (χ1v) is 9.31. The summed E-state index contributed by atoms with van der Waals surface area (Å²) in [5.74, 6) is 0.858. The summed E-state index contributed by atoms with van der Waals surface area (Å²) in [7, 11) is 1.62. The first-order chi connectivity index (χ1) is 13.7. The summed E-state index contributed by atoms with van der Waals surface area (Å²) in [6, 6.07) is 12.0. The van der Waals surface area contributed by atoms with E-state index in [-0.39, 0.29) is 36.7 Å². The molecule has 2 aromatic rings. The van der Waals surface area contributed by atoms with Gasteiger partial charge in [0.1, 0.15) is 18.5 Å². The fourth-order valence-electron chi connectivity index (χ4n) is 2.88. The highest BCUT2D eigenvalue weighted by Crippen LogP contribution is 2.28. The highest BCUT2D eigenvalue weighted by Gasteiger charge is 2.21. The normalized spacial score (nSPS) is 12.4. The number of nitro benzene ring substituents is 1. The van der Waals surface area contributed by atoms with Gasteiger partial charge < -0.3 is 25.0 Å². The Labute approximate surface area is 170 Å². The monoisotopic (exact) mass is 404 g/mol. The maximum Gasteiger partial charge on any atom is 0.311 e. The van der Waals surface area contributed by atoms with Crippen molar-refractivity contribution >= 4 is 5.69 Å². The molecule has 2 aromatic carbocycles. The summed E-state index contributed by atoms with van der Waals surface area (Å²) in [4.78, 5) is 10.6. The van der Waals surface area contributed by atoms with E-state index in [9.17, 15) is 15.2 Å². The molecule has 29 heavy (non-hydrogen) atoms. The largest absolute Gasteiger partial charge is 0.497 e. The molecule has 0 aliphatic carbocycles. The van der Waals surface area contributed by atoms with Crippen LogP contribution in [0.1, 0.15) is 25.0 Å². The first kappa shape index (κ1) is 22.6. The summed E-state index contributed by atoms with van der Waals surface area (Å²) in [6.07, 6.45) is -0.0964. The predicted molar refractivity (Wildman–Crippen MR) is 109 cm³/mol. The van der Waals surface area contributed by atoms with Crippen molar-refractivity contribution in [2.45, 2.75) is 38.5 Å². The molecule has 0 amide bonds. The molecule has 0 spiro atoms. The van der Waals surface area contributed by atoms with Gasteiger partial charge in [-0.1, -0.05) is 18.2 Å². The zero-order chi connectivity index (χ0) is 21.4. The molecule has 0 radical (unpaired) electrons. The van der Waals surface area contributed by atoms with Crippen LogP contribution >= 0.6 is 0 Å². The second kappa shape index (κ2) is 10.2. The Morgan fingerprint density at radius 1 is 1.17 bits per heavy atom. The van der Waals surface area contributed by atoms with Crippen LogP contribution in [0, 0.1) is 10.1 Å². The van der Waals surface area contributed by atoms with Crippen molar-refractivity contribution in [3.8, 4) is 11.5 Å². The number of benzene rings is 2. The summed E-state index contributed by atoms with van der Waals surface area (Å²) < 4.78 is 10.6. The predicted octanol–water partition coefficient (Wildman–Crippen LogP) is 2.45. The van der Waals surface area contributed by atoms with Gasteiger partial charge in [-0.3, -0.25) is 10.1 Å². The van der Waals surface area contributed by atoms with Crippen LogP contribution in [0.2, 0.25) is 0 Å². The Morgan fingerprint density at radius 3 is 2.41 bits per heavy atom. The molecular formula is C21H28N2O6. The number of hydrogen-bond donors (Lipinski definition) is 3. The second-order valence-corrected chi connectivity index (χ2v) is 7.47. The van der Waals surface area contributed by atoms with E-state index in [1.165, 1.54) is 12.1 Å². The third kappa shape index (κ3) is 7.01. The molecule has 2 rings (SSSR count). The van der Waals surface area contributed by atoms with E-state index in [4.69, 9.17) is 14.6 Å². The number of ether oxygens (including phenoxy) is 2. The zero-order valence-electron chi connectivity index (χ0n) is 16.9. The van der Waals surface area contributed by atoms with Gasteiger partial charge in [0, 0.05) is 18.2 Å². The van der Waals surface area contributed by atoms with Gasteiger partial charge in [-0.25, -0.2) is 0 Å². The number of nitro groups is 1. The molecule has 0 aliphatic heterocycles. The minimum absolute atomic E-state index is 0.0590. The first-order valence-electron chi connectivity index (χ1n) is 9.31. The van der Waals surface area contributed by atoms with Crippen molar-refractivity contribution in [1.29, 1.82) is 0 Å². The number of nitrogens with zero attached hydrogens (tertiary/aromatic N) is 1. The van der Waals surface area contributed by atoms with Crippen LogP contribution in [0.3, 0.4) is 0 Å². The van der Waals surface area contributed by atoms with Crippen molar-refractivity contribution in [2.75, 3.05) is 20.3 Å². The number of hydrogen-bond acceptors (Lipinski definition) is 7. The van der Waals surface area contributed by atoms with E-state index in [2.05, 4.69) is 5.32 Å². The fraction of sp³-hybridized carbons (Fsp3) is 0.429. The summed E-state index contributed by atoms with van der Waals surface area (Å²) >= 11 is 0. The quantitative estimate of drug-likeness (QED) is 0.389. The Kier molecular flexibility index (Phi) is 7.95. The van der Waals surface area contributed by atoms with Gasteiger partial charge in [-0.15, -0.1) is 0 Å². The average Bonchev–Trinajstić information content (AvgIpc) is 2.71. The molecule has 3 N–H and O–H groups in total. The van der Waals surface area contributed by atoms with Gasteiger partial charge in [0.15, 0.2) is 5.75 Å². The number of rotatable bonds is 11. The number of aliphatic hydroxyl groups is 2. The smallest absolute Gasteiger partial charge is 0.311 e. The number of methoxy groups -OCH3 is 1. The van der Waals surface area contributed by atoms with Crippen LogP contribution in [-0.2, 0) is 13.0 Å². The lowest BCUT2D eigenvalue weighted by Crippen LogP contribution is -2.46. The van der Waals surface area contributed by atoms with Crippen LogP contribution in [0.5, 0.6) is 11.5 Å². The summed E-state index contributed by atoms with van der Waals surface area (Å²) in [5, 5.41) is 33.8. The molecule has 0 aliphatic rings. The minimum Gasteiger partial charge on any atom is -0.497 e. The van der Waals surface area contributed by atoms with Gasteiger partial charge in [-0.05, 0) is 49.6 Å². The van der Waals surface area contributed by atoms with Crippen molar-refractivity contribution in [3.63, 3.8) is 0 Å². The summed E-state index contributed by atoms with van der Waals surface area (Å²) in [5.41, 5.74) is 1.04. The van der Waals surface area contributed by atoms with E-state index in [0.717, 1.165) is 17.7 Å². The summed E-state index contributed by atoms with van der Waals surface area (Å²) in [6.45, 7) is 3.94. The second-order valence-electron chi connectivity index (χ2n) is 7.47. The van der Waals surface area contributed by atoms with E-state index in [1.807, 2.05) is 38.1 Å². The lowest BCUT2D eigenvalue weighted by molar-refractivity contribution is -0.386. The van der Waals surface area contributed by atoms with Crippen LogP contribution in [-0.4, -0.2) is 47.0 Å². The molecule has 8 heteroatoms. The number of β-amino-alcohol motifs (C(OH)–C–C–N with tert-alkyl or cyclic N) is 1. The molecule has 0 aromatic heterocycles. The third-order valence-corrected chi connectivity index (χ3v) is 4.46. The van der Waals surface area contributed by atoms with E-state index in [1.54, 1.807) is 13.2 Å². The standard InChI is InChI=1S/C21H28N2O6/c1-21(2,11-15-4-7-18(28-3)8-5-15)22-12-17(25)14-29-20-9-6-16(13-24)10-19(20)23(26)27/h4-10,17,22,24-25H,11-14H2,1-3H3. The molecule has 0 heterocycles. The Balaban J connectivity index is 1.87. The van der Waals surface area contributed by atoms with Gasteiger partial charge in [0.2, 0.25) is 0 Å². The molecule has 0 saturated heterocycles. The molecule has 158 valence electrons. The Morgan fingerprint density at radius 2 is 1.83 bits per heavy atom. The van der Waals surface area contributed by atoms with Crippen LogP contribution in [0.15, 0.2) is 42.5 Å². The van der Waals surface area contributed by atoms with Gasteiger partial charge in [-0.2, -0.15) is 0 Å². The highest BCUT2D eigenvalue weighted by molar-refractivity contribution is 5.48. The molecule has 1 unspecified atom stereocenters. The van der Waals surface area contributed by atoms with Crippen LogP contribution < -0.4 is 14.8 Å². The van der Waals surface area contributed by atoms with Crippen molar-refractivity contribution in [2.24, 2.45) is 0 Å². The fourth-order valence-corrected chi connectivity index (χ4v) is 2.88. The van der Waals surface area contributed by atoms with Crippen LogP contribution in [0.4, 0.5) is 5.69 Å². The molecule has 1 atom stereocenters. The molecule has 0 fully saturated rings. The van der Waals surface area contributed by atoms with Crippen molar-refractivity contribution < 1.29 is 24.6 Å². The topological polar surface area (TPSA) is 114 Å². The van der Waals surface area contributed by atoms with E-state index < -0.39 is 11.0 Å². The molecule has 0 bridgehead atoms. The number of nitrogens with one attached hydrogen (secondary N) is 1. The molecule has 0 saturated carbocycles. The maximum absolute atomic E-state index is 11.2. The van der Waals surface area contributed by atoms with E-state index >= 15 is 0 Å². The lowest BCUT2D eigenvalue weighted by Gasteiger charge is -2.28. The lowest BCUT2D eigenvalue weighted by atomic mass is 9.94. The maximum atomic E-state index is 11.2. The average molecular weight is 404 g/mol. The zero-order valence-corrected chi connectivity index (χ0v) is 16.9. The highest BCUT2D eigenvalue weighted by atomic mass is 16.6. The van der Waals surface area contributed by atoms with Crippen molar-refractivity contribution in [1.82, 2.24) is 5.32 Å². The van der Waals surface area contributed by atoms with Gasteiger partial charge >= 0.3 is 5.69 Å².